The fourth-order valence-corrected chi connectivity index (χ4v) is 3.03. The second kappa shape index (κ2) is 9.09. The Balaban J connectivity index is 1.53. The van der Waals surface area contributed by atoms with Crippen LogP contribution in [-0.2, 0) is 12.7 Å². The first-order valence-electron chi connectivity index (χ1n) is 9.12. The summed E-state index contributed by atoms with van der Waals surface area (Å²) in [6, 6.07) is 9.95. The fourth-order valence-electron chi connectivity index (χ4n) is 3.03. The molecule has 0 fully saturated rings. The summed E-state index contributed by atoms with van der Waals surface area (Å²) in [6.07, 6.45) is -2.18. The lowest BCUT2D eigenvalue weighted by molar-refractivity contribution is -0.137. The van der Waals surface area contributed by atoms with Crippen LogP contribution in [0.4, 0.5) is 23.2 Å². The molecule has 0 radical (unpaired) electrons. The summed E-state index contributed by atoms with van der Waals surface area (Å²) in [4.78, 5) is 4.03. The van der Waals surface area contributed by atoms with E-state index in [-0.39, 0.29) is 11.3 Å². The molecular formula is C21H21F4N3O. The van der Waals surface area contributed by atoms with Gasteiger partial charge < -0.3 is 15.4 Å². The minimum atomic E-state index is -4.40. The Morgan fingerprint density at radius 3 is 2.66 bits per heavy atom. The molecule has 0 aliphatic carbocycles. The Labute approximate surface area is 165 Å². The van der Waals surface area contributed by atoms with Gasteiger partial charge in [0.1, 0.15) is 11.6 Å². The lowest BCUT2D eigenvalue weighted by Gasteiger charge is -2.13. The van der Waals surface area contributed by atoms with Crippen LogP contribution in [0.25, 0.3) is 10.9 Å². The minimum absolute atomic E-state index is 0.287. The highest BCUT2D eigenvalue weighted by Crippen LogP contribution is 2.32. The Morgan fingerprint density at radius 1 is 1.07 bits per heavy atom. The van der Waals surface area contributed by atoms with Crippen LogP contribution in [0.3, 0.4) is 0 Å². The number of anilines is 1. The van der Waals surface area contributed by atoms with Gasteiger partial charge in [0.05, 0.1) is 18.2 Å². The van der Waals surface area contributed by atoms with Crippen molar-refractivity contribution in [2.45, 2.75) is 19.1 Å². The van der Waals surface area contributed by atoms with Gasteiger partial charge in [-0.2, -0.15) is 13.2 Å². The largest absolute Gasteiger partial charge is 0.496 e. The number of halogens is 4. The maximum absolute atomic E-state index is 13.9. The Morgan fingerprint density at radius 2 is 1.90 bits per heavy atom. The van der Waals surface area contributed by atoms with Crippen LogP contribution in [0, 0.1) is 5.82 Å². The number of alkyl halides is 3. The van der Waals surface area contributed by atoms with Crippen LogP contribution in [0.1, 0.15) is 17.5 Å². The van der Waals surface area contributed by atoms with Crippen molar-refractivity contribution in [3.05, 3.63) is 65.6 Å². The van der Waals surface area contributed by atoms with Crippen molar-refractivity contribution < 1.29 is 22.3 Å². The normalized spacial score (nSPS) is 11.6. The summed E-state index contributed by atoms with van der Waals surface area (Å²) in [5.74, 6) is 0.175. The third-order valence-electron chi connectivity index (χ3n) is 4.51. The van der Waals surface area contributed by atoms with Crippen LogP contribution >= 0.6 is 0 Å². The van der Waals surface area contributed by atoms with Gasteiger partial charge in [0.15, 0.2) is 0 Å². The van der Waals surface area contributed by atoms with E-state index in [1.807, 2.05) is 0 Å². The first-order chi connectivity index (χ1) is 13.9. The summed E-state index contributed by atoms with van der Waals surface area (Å²) in [5, 5.41) is 7.02. The molecule has 3 rings (SSSR count). The van der Waals surface area contributed by atoms with Crippen molar-refractivity contribution in [1.29, 1.82) is 0 Å². The van der Waals surface area contributed by atoms with Gasteiger partial charge in [-0.05, 0) is 43.3 Å². The highest BCUT2D eigenvalue weighted by molar-refractivity contribution is 5.91. The average molecular weight is 407 g/mol. The van der Waals surface area contributed by atoms with Crippen molar-refractivity contribution >= 4 is 16.6 Å². The molecule has 0 atom stereocenters. The van der Waals surface area contributed by atoms with E-state index in [0.717, 1.165) is 24.2 Å². The summed E-state index contributed by atoms with van der Waals surface area (Å²) in [6.45, 7) is 1.57. The molecule has 2 N–H and O–H groups in total. The van der Waals surface area contributed by atoms with Gasteiger partial charge in [-0.1, -0.05) is 12.1 Å². The zero-order valence-corrected chi connectivity index (χ0v) is 15.8. The highest BCUT2D eigenvalue weighted by atomic mass is 19.4. The zero-order chi connectivity index (χ0) is 20.9. The lowest BCUT2D eigenvalue weighted by atomic mass is 10.1. The standard InChI is InChI=1S/C21H21F4N3O/c1-29-20-5-2-4-17(22)16(20)13-26-9-3-10-27-18-8-11-28-19-12-14(21(23,24)25)6-7-15(18)19/h2,4-8,11-12,26H,3,9-10,13H2,1H3,(H,27,28). The molecule has 8 heteroatoms. The van der Waals surface area contributed by atoms with Crippen LogP contribution in [0.2, 0.25) is 0 Å². The van der Waals surface area contributed by atoms with E-state index >= 15 is 0 Å². The van der Waals surface area contributed by atoms with Crippen LogP contribution in [0.15, 0.2) is 48.7 Å². The molecule has 0 bridgehead atoms. The number of benzene rings is 2. The quantitative estimate of drug-likeness (QED) is 0.408. The van der Waals surface area contributed by atoms with Crippen molar-refractivity contribution in [1.82, 2.24) is 10.3 Å². The minimum Gasteiger partial charge on any atom is -0.496 e. The van der Waals surface area contributed by atoms with Gasteiger partial charge >= 0.3 is 6.18 Å². The molecule has 0 saturated heterocycles. The van der Waals surface area contributed by atoms with Crippen LogP contribution in [-0.4, -0.2) is 25.2 Å². The van der Waals surface area contributed by atoms with Gasteiger partial charge in [0.25, 0.3) is 0 Å². The zero-order valence-electron chi connectivity index (χ0n) is 15.8. The van der Waals surface area contributed by atoms with Crippen molar-refractivity contribution in [2.75, 3.05) is 25.5 Å². The molecule has 1 aromatic heterocycles. The molecule has 3 aromatic rings. The molecule has 0 amide bonds. The second-order valence-corrected chi connectivity index (χ2v) is 6.47. The number of methoxy groups -OCH3 is 1. The van der Waals surface area contributed by atoms with E-state index in [9.17, 15) is 17.6 Å². The molecular weight excluding hydrogens is 386 g/mol. The molecule has 0 aliphatic rings. The molecule has 154 valence electrons. The van der Waals surface area contributed by atoms with Crippen molar-refractivity contribution in [3.63, 3.8) is 0 Å². The highest BCUT2D eigenvalue weighted by Gasteiger charge is 2.30. The Kier molecular flexibility index (Phi) is 6.53. The Bertz CT molecular complexity index is 976. The van der Waals surface area contributed by atoms with Gasteiger partial charge in [-0.15, -0.1) is 0 Å². The summed E-state index contributed by atoms with van der Waals surface area (Å²) >= 11 is 0. The number of hydrogen-bond acceptors (Lipinski definition) is 4. The van der Waals surface area contributed by atoms with Crippen LogP contribution in [0.5, 0.6) is 5.75 Å². The molecule has 2 aromatic carbocycles. The summed E-state index contributed by atoms with van der Waals surface area (Å²) in [5.41, 5.74) is 0.764. The molecule has 0 unspecified atom stereocenters. The lowest BCUT2D eigenvalue weighted by Crippen LogP contribution is -2.19. The number of rotatable bonds is 8. The first-order valence-corrected chi connectivity index (χ1v) is 9.12. The van der Waals surface area contributed by atoms with Crippen LogP contribution < -0.4 is 15.4 Å². The molecule has 0 spiro atoms. The maximum Gasteiger partial charge on any atom is 0.416 e. The second-order valence-electron chi connectivity index (χ2n) is 6.47. The number of nitrogens with zero attached hydrogens (tertiary/aromatic N) is 1. The summed E-state index contributed by atoms with van der Waals surface area (Å²) < 4.78 is 57.6. The predicted molar refractivity (Wildman–Crippen MR) is 105 cm³/mol. The van der Waals surface area contributed by atoms with Gasteiger partial charge in [-0.3, -0.25) is 4.98 Å². The molecule has 29 heavy (non-hydrogen) atoms. The third kappa shape index (κ3) is 5.14. The summed E-state index contributed by atoms with van der Waals surface area (Å²) in [7, 11) is 1.50. The molecule has 0 aliphatic heterocycles. The van der Waals surface area contributed by atoms with Gasteiger partial charge in [0.2, 0.25) is 0 Å². The Hall–Kier alpha value is -2.87. The number of ether oxygens (including phenoxy) is 1. The average Bonchev–Trinajstić information content (AvgIpc) is 2.70. The van der Waals surface area contributed by atoms with Crippen molar-refractivity contribution in [2.24, 2.45) is 0 Å². The maximum atomic E-state index is 13.9. The number of aromatic nitrogens is 1. The van der Waals surface area contributed by atoms with E-state index in [4.69, 9.17) is 4.74 Å². The monoisotopic (exact) mass is 407 g/mol. The number of pyridine rings is 1. The topological polar surface area (TPSA) is 46.2 Å². The van der Waals surface area contributed by atoms with E-state index in [1.165, 1.54) is 25.4 Å². The smallest absolute Gasteiger partial charge is 0.416 e. The van der Waals surface area contributed by atoms with Gasteiger partial charge in [0, 0.05) is 35.9 Å². The van der Waals surface area contributed by atoms with Crippen molar-refractivity contribution in [3.8, 4) is 5.75 Å². The molecule has 4 nitrogen and oxygen atoms in total. The number of nitrogens with one attached hydrogen (secondary N) is 2. The molecule has 1 heterocycles. The fraction of sp³-hybridized carbons (Fsp3) is 0.286. The predicted octanol–water partition coefficient (Wildman–Crippen LogP) is 4.99. The van der Waals surface area contributed by atoms with E-state index in [0.29, 0.717) is 36.3 Å². The van der Waals surface area contributed by atoms with E-state index in [2.05, 4.69) is 15.6 Å². The first kappa shape index (κ1) is 20.9. The molecule has 0 saturated carbocycles. The number of fused-ring (bicyclic) bond motifs is 1. The van der Waals surface area contributed by atoms with E-state index in [1.54, 1.807) is 18.2 Å². The SMILES string of the molecule is COc1cccc(F)c1CNCCCNc1ccnc2cc(C(F)(F)F)ccc12. The van der Waals surface area contributed by atoms with E-state index < -0.39 is 11.7 Å². The van der Waals surface area contributed by atoms with Gasteiger partial charge in [-0.25, -0.2) is 4.39 Å². The number of hydrogen-bond donors (Lipinski definition) is 2. The third-order valence-corrected chi connectivity index (χ3v) is 4.51.